The number of Topliss-reactive ketones (excluding diaryl/α,β-unsaturated/α-hetero) is 1. The number of hydrogen-bond acceptors (Lipinski definition) is 2. The Balaban J connectivity index is 3.83. The minimum atomic E-state index is -1.04. The van der Waals surface area contributed by atoms with E-state index in [0.717, 1.165) is 4.90 Å². The molecular weight excluding hydrogens is 134 g/mol. The lowest BCUT2D eigenvalue weighted by Crippen LogP contribution is -2.33. The van der Waals surface area contributed by atoms with E-state index in [1.54, 1.807) is 6.92 Å². The summed E-state index contributed by atoms with van der Waals surface area (Å²) in [5.41, 5.74) is 0. The van der Waals surface area contributed by atoms with Gasteiger partial charge in [0.1, 0.15) is 5.78 Å². The fourth-order valence-corrected chi connectivity index (χ4v) is 0.583. The zero-order valence-electron chi connectivity index (χ0n) is 6.13. The van der Waals surface area contributed by atoms with Crippen molar-refractivity contribution < 1.29 is 14.7 Å². The lowest BCUT2D eigenvalue weighted by Gasteiger charge is -2.13. The van der Waals surface area contributed by atoms with Crippen LogP contribution >= 0.6 is 0 Å². The standard InChI is InChI=1S/C6H11NO3/c1-3-7(6(9)10)4-5(2)8/h3-4H2,1-2H3,(H,9,10). The highest BCUT2D eigenvalue weighted by atomic mass is 16.4. The summed E-state index contributed by atoms with van der Waals surface area (Å²) < 4.78 is 0. The lowest BCUT2D eigenvalue weighted by atomic mass is 10.4. The number of carbonyl (C=O) groups is 2. The molecule has 1 N–H and O–H groups in total. The molecule has 0 rings (SSSR count). The van der Waals surface area contributed by atoms with E-state index in [1.165, 1.54) is 6.92 Å². The Labute approximate surface area is 59.4 Å². The Kier molecular flexibility index (Phi) is 3.46. The third kappa shape index (κ3) is 3.06. The second-order valence-corrected chi connectivity index (χ2v) is 2.00. The van der Waals surface area contributed by atoms with Crippen molar-refractivity contribution in [3.8, 4) is 0 Å². The molecular formula is C6H11NO3. The summed E-state index contributed by atoms with van der Waals surface area (Å²) in [7, 11) is 0. The molecule has 0 aromatic carbocycles. The second-order valence-electron chi connectivity index (χ2n) is 2.00. The predicted molar refractivity (Wildman–Crippen MR) is 36.0 cm³/mol. The SMILES string of the molecule is CCN(CC(C)=O)C(=O)O. The molecule has 0 atom stereocenters. The van der Waals surface area contributed by atoms with Crippen LogP contribution in [-0.4, -0.2) is 35.0 Å². The number of amides is 1. The van der Waals surface area contributed by atoms with E-state index in [9.17, 15) is 9.59 Å². The molecule has 0 radical (unpaired) electrons. The number of ketones is 1. The van der Waals surface area contributed by atoms with Gasteiger partial charge in [0.05, 0.1) is 6.54 Å². The van der Waals surface area contributed by atoms with Crippen molar-refractivity contribution >= 4 is 11.9 Å². The first kappa shape index (κ1) is 8.94. The van der Waals surface area contributed by atoms with Crippen molar-refractivity contribution in [2.24, 2.45) is 0 Å². The Morgan fingerprint density at radius 2 is 2.00 bits per heavy atom. The van der Waals surface area contributed by atoms with E-state index in [2.05, 4.69) is 0 Å². The number of carbonyl (C=O) groups excluding carboxylic acids is 1. The maximum Gasteiger partial charge on any atom is 0.407 e. The Hall–Kier alpha value is -1.06. The van der Waals surface area contributed by atoms with Gasteiger partial charge in [-0.15, -0.1) is 0 Å². The highest BCUT2D eigenvalue weighted by Gasteiger charge is 2.09. The van der Waals surface area contributed by atoms with Gasteiger partial charge in [-0.1, -0.05) is 0 Å². The van der Waals surface area contributed by atoms with Crippen molar-refractivity contribution in [2.45, 2.75) is 13.8 Å². The Morgan fingerprint density at radius 3 is 2.10 bits per heavy atom. The molecule has 0 unspecified atom stereocenters. The van der Waals surface area contributed by atoms with Crippen molar-refractivity contribution in [3.05, 3.63) is 0 Å². The molecule has 0 bridgehead atoms. The minimum absolute atomic E-state index is 0.00810. The van der Waals surface area contributed by atoms with Crippen LogP contribution in [0.5, 0.6) is 0 Å². The Bertz CT molecular complexity index is 144. The molecule has 4 nitrogen and oxygen atoms in total. The molecule has 0 aliphatic rings. The van der Waals surface area contributed by atoms with Gasteiger partial charge in [-0.05, 0) is 13.8 Å². The number of likely N-dealkylation sites (N-methyl/N-ethyl adjacent to an activating group) is 1. The lowest BCUT2D eigenvalue weighted by molar-refractivity contribution is -0.117. The molecule has 4 heteroatoms. The van der Waals surface area contributed by atoms with Crippen LogP contribution in [0.2, 0.25) is 0 Å². The van der Waals surface area contributed by atoms with Crippen molar-refractivity contribution in [2.75, 3.05) is 13.1 Å². The summed E-state index contributed by atoms with van der Waals surface area (Å²) in [6, 6.07) is 0. The molecule has 0 fully saturated rings. The third-order valence-corrected chi connectivity index (χ3v) is 1.07. The van der Waals surface area contributed by atoms with E-state index in [4.69, 9.17) is 5.11 Å². The first-order valence-electron chi connectivity index (χ1n) is 3.05. The summed E-state index contributed by atoms with van der Waals surface area (Å²) in [4.78, 5) is 21.7. The van der Waals surface area contributed by atoms with E-state index in [0.29, 0.717) is 6.54 Å². The molecule has 0 heterocycles. The normalized spacial score (nSPS) is 9.00. The van der Waals surface area contributed by atoms with Gasteiger partial charge in [0, 0.05) is 6.54 Å². The van der Waals surface area contributed by atoms with Gasteiger partial charge in [-0.2, -0.15) is 0 Å². The highest BCUT2D eigenvalue weighted by molar-refractivity contribution is 5.81. The highest BCUT2D eigenvalue weighted by Crippen LogP contribution is 1.87. The van der Waals surface area contributed by atoms with Crippen molar-refractivity contribution in [1.82, 2.24) is 4.90 Å². The van der Waals surface area contributed by atoms with Crippen LogP contribution in [0.4, 0.5) is 4.79 Å². The molecule has 0 aromatic rings. The smallest absolute Gasteiger partial charge is 0.407 e. The zero-order valence-corrected chi connectivity index (χ0v) is 6.13. The number of hydrogen-bond donors (Lipinski definition) is 1. The number of carboxylic acid groups (broad SMARTS) is 1. The second kappa shape index (κ2) is 3.87. The molecule has 0 aliphatic heterocycles. The van der Waals surface area contributed by atoms with Crippen molar-refractivity contribution in [1.29, 1.82) is 0 Å². The van der Waals surface area contributed by atoms with E-state index in [1.807, 2.05) is 0 Å². The molecule has 58 valence electrons. The zero-order chi connectivity index (χ0) is 8.15. The summed E-state index contributed by atoms with van der Waals surface area (Å²) in [6.45, 7) is 3.41. The quantitative estimate of drug-likeness (QED) is 0.631. The summed E-state index contributed by atoms with van der Waals surface area (Å²) in [5, 5.41) is 8.40. The summed E-state index contributed by atoms with van der Waals surface area (Å²) in [6.07, 6.45) is -1.04. The van der Waals surface area contributed by atoms with Crippen LogP contribution in [0.1, 0.15) is 13.8 Å². The Morgan fingerprint density at radius 1 is 1.50 bits per heavy atom. The predicted octanol–water partition coefficient (Wildman–Crippen LogP) is 0.575. The van der Waals surface area contributed by atoms with Crippen LogP contribution < -0.4 is 0 Å². The fourth-order valence-electron chi connectivity index (χ4n) is 0.583. The topological polar surface area (TPSA) is 57.6 Å². The number of rotatable bonds is 3. The average molecular weight is 145 g/mol. The fraction of sp³-hybridized carbons (Fsp3) is 0.667. The van der Waals surface area contributed by atoms with Gasteiger partial charge in [-0.25, -0.2) is 4.79 Å². The molecule has 0 saturated heterocycles. The van der Waals surface area contributed by atoms with Gasteiger partial charge in [0.25, 0.3) is 0 Å². The monoisotopic (exact) mass is 145 g/mol. The average Bonchev–Trinajstić information content (AvgIpc) is 1.81. The maximum atomic E-state index is 10.4. The van der Waals surface area contributed by atoms with E-state index >= 15 is 0 Å². The maximum absolute atomic E-state index is 10.4. The summed E-state index contributed by atoms with van der Waals surface area (Å²) in [5.74, 6) is -0.135. The molecule has 0 saturated carbocycles. The molecule has 0 aromatic heterocycles. The van der Waals surface area contributed by atoms with Gasteiger partial charge in [0.2, 0.25) is 0 Å². The van der Waals surface area contributed by atoms with Crippen LogP contribution in [0, 0.1) is 0 Å². The number of nitrogens with zero attached hydrogens (tertiary/aromatic N) is 1. The third-order valence-electron chi connectivity index (χ3n) is 1.07. The van der Waals surface area contributed by atoms with Crippen LogP contribution in [-0.2, 0) is 4.79 Å². The molecule has 1 amide bonds. The minimum Gasteiger partial charge on any atom is -0.465 e. The van der Waals surface area contributed by atoms with Gasteiger partial charge in [0.15, 0.2) is 0 Å². The van der Waals surface area contributed by atoms with E-state index < -0.39 is 6.09 Å². The van der Waals surface area contributed by atoms with Gasteiger partial charge in [-0.3, -0.25) is 4.79 Å². The van der Waals surface area contributed by atoms with Crippen LogP contribution in [0.25, 0.3) is 0 Å². The van der Waals surface area contributed by atoms with Crippen LogP contribution in [0.15, 0.2) is 0 Å². The van der Waals surface area contributed by atoms with Crippen LogP contribution in [0.3, 0.4) is 0 Å². The van der Waals surface area contributed by atoms with Gasteiger partial charge < -0.3 is 10.0 Å². The molecule has 10 heavy (non-hydrogen) atoms. The molecule has 0 spiro atoms. The largest absolute Gasteiger partial charge is 0.465 e. The molecule has 0 aliphatic carbocycles. The van der Waals surface area contributed by atoms with Crippen molar-refractivity contribution in [3.63, 3.8) is 0 Å². The first-order chi connectivity index (χ1) is 4.57. The summed E-state index contributed by atoms with van der Waals surface area (Å²) >= 11 is 0. The van der Waals surface area contributed by atoms with Gasteiger partial charge >= 0.3 is 6.09 Å². The first-order valence-corrected chi connectivity index (χ1v) is 3.05. The van der Waals surface area contributed by atoms with E-state index in [-0.39, 0.29) is 12.3 Å².